The van der Waals surface area contributed by atoms with Crippen LogP contribution in [0.1, 0.15) is 18.4 Å². The minimum Gasteiger partial charge on any atom is -0.352 e. The van der Waals surface area contributed by atoms with E-state index in [1.807, 2.05) is 18.2 Å². The molecular formula is C15H20N2O. The van der Waals surface area contributed by atoms with Gasteiger partial charge in [-0.3, -0.25) is 4.79 Å². The third kappa shape index (κ3) is 2.56. The number of benzene rings is 1. The molecule has 2 saturated heterocycles. The number of amides is 1. The highest BCUT2D eigenvalue weighted by Crippen LogP contribution is 2.27. The number of rotatable bonds is 4. The molecule has 1 aromatic carbocycles. The van der Waals surface area contributed by atoms with Crippen molar-refractivity contribution in [3.05, 3.63) is 35.9 Å². The molecule has 18 heavy (non-hydrogen) atoms. The summed E-state index contributed by atoms with van der Waals surface area (Å²) in [6.45, 7) is 3.46. The fourth-order valence-electron chi connectivity index (χ4n) is 3.13. The number of aryl methyl sites for hydroxylation is 1. The molecule has 3 nitrogen and oxygen atoms in total. The molecule has 2 bridgehead atoms. The van der Waals surface area contributed by atoms with Crippen molar-refractivity contribution in [3.63, 3.8) is 0 Å². The Labute approximate surface area is 108 Å². The summed E-state index contributed by atoms with van der Waals surface area (Å²) in [5, 5.41) is 3.20. The van der Waals surface area contributed by atoms with Crippen LogP contribution in [0.25, 0.3) is 0 Å². The molecule has 1 aromatic rings. The SMILES string of the molecule is O=C(CCc1ccccc1)NC1CN2CCC1C2. The first kappa shape index (κ1) is 11.7. The van der Waals surface area contributed by atoms with Gasteiger partial charge in [-0.15, -0.1) is 0 Å². The molecule has 0 aliphatic carbocycles. The van der Waals surface area contributed by atoms with Crippen LogP contribution in [0.3, 0.4) is 0 Å². The van der Waals surface area contributed by atoms with Gasteiger partial charge in [-0.1, -0.05) is 30.3 Å². The second kappa shape index (κ2) is 5.11. The zero-order chi connectivity index (χ0) is 12.4. The largest absolute Gasteiger partial charge is 0.352 e. The van der Waals surface area contributed by atoms with Gasteiger partial charge in [0.1, 0.15) is 0 Å². The Balaban J connectivity index is 1.45. The second-order valence-corrected chi connectivity index (χ2v) is 5.47. The summed E-state index contributed by atoms with van der Waals surface area (Å²) < 4.78 is 0. The number of hydrogen-bond acceptors (Lipinski definition) is 2. The van der Waals surface area contributed by atoms with Crippen LogP contribution in [0.5, 0.6) is 0 Å². The fraction of sp³-hybridized carbons (Fsp3) is 0.533. The zero-order valence-electron chi connectivity index (χ0n) is 10.6. The summed E-state index contributed by atoms with van der Waals surface area (Å²) in [5.74, 6) is 0.906. The molecule has 3 rings (SSSR count). The van der Waals surface area contributed by atoms with Gasteiger partial charge in [0.25, 0.3) is 0 Å². The van der Waals surface area contributed by atoms with E-state index in [4.69, 9.17) is 0 Å². The van der Waals surface area contributed by atoms with Gasteiger partial charge in [-0.25, -0.2) is 0 Å². The minimum atomic E-state index is 0.206. The molecule has 2 heterocycles. The number of nitrogens with one attached hydrogen (secondary N) is 1. The van der Waals surface area contributed by atoms with Crippen LogP contribution >= 0.6 is 0 Å². The lowest BCUT2D eigenvalue weighted by molar-refractivity contribution is -0.122. The van der Waals surface area contributed by atoms with Gasteiger partial charge in [0.05, 0.1) is 0 Å². The molecule has 2 aliphatic rings. The molecule has 2 fully saturated rings. The summed E-state index contributed by atoms with van der Waals surface area (Å²) in [6, 6.07) is 10.6. The Morgan fingerprint density at radius 1 is 1.28 bits per heavy atom. The van der Waals surface area contributed by atoms with Gasteiger partial charge in [-0.05, 0) is 30.9 Å². The minimum absolute atomic E-state index is 0.206. The topological polar surface area (TPSA) is 32.3 Å². The smallest absolute Gasteiger partial charge is 0.220 e. The van der Waals surface area contributed by atoms with Crippen molar-refractivity contribution >= 4 is 5.91 Å². The van der Waals surface area contributed by atoms with Gasteiger partial charge in [0, 0.05) is 25.6 Å². The Hall–Kier alpha value is -1.35. The quantitative estimate of drug-likeness (QED) is 0.869. The van der Waals surface area contributed by atoms with E-state index < -0.39 is 0 Å². The molecule has 1 N–H and O–H groups in total. The van der Waals surface area contributed by atoms with Crippen molar-refractivity contribution in [2.45, 2.75) is 25.3 Å². The van der Waals surface area contributed by atoms with E-state index in [-0.39, 0.29) is 5.91 Å². The van der Waals surface area contributed by atoms with Crippen LogP contribution < -0.4 is 5.32 Å². The first-order valence-corrected chi connectivity index (χ1v) is 6.87. The molecule has 2 aliphatic heterocycles. The highest BCUT2D eigenvalue weighted by Gasteiger charge is 2.38. The highest BCUT2D eigenvalue weighted by molar-refractivity contribution is 5.76. The number of nitrogens with zero attached hydrogens (tertiary/aromatic N) is 1. The first-order chi connectivity index (χ1) is 8.81. The molecule has 0 spiro atoms. The average Bonchev–Trinajstić information content (AvgIpc) is 3.00. The Morgan fingerprint density at radius 3 is 2.78 bits per heavy atom. The standard InChI is InChI=1S/C15H20N2O/c18-15(7-6-12-4-2-1-3-5-12)16-14-11-17-9-8-13(14)10-17/h1-5,13-14H,6-11H2,(H,16,18). The monoisotopic (exact) mass is 244 g/mol. The van der Waals surface area contributed by atoms with Crippen molar-refractivity contribution in [1.82, 2.24) is 10.2 Å². The van der Waals surface area contributed by atoms with E-state index in [0.717, 1.165) is 13.0 Å². The highest BCUT2D eigenvalue weighted by atomic mass is 16.1. The number of hydrogen-bond donors (Lipinski definition) is 1. The van der Waals surface area contributed by atoms with Crippen LogP contribution in [0.15, 0.2) is 30.3 Å². The van der Waals surface area contributed by atoms with Gasteiger partial charge in [0.2, 0.25) is 5.91 Å². The van der Waals surface area contributed by atoms with Crippen molar-refractivity contribution in [2.24, 2.45) is 5.92 Å². The lowest BCUT2D eigenvalue weighted by Crippen LogP contribution is -2.43. The van der Waals surface area contributed by atoms with Crippen molar-refractivity contribution in [1.29, 1.82) is 0 Å². The lowest BCUT2D eigenvalue weighted by atomic mass is 9.99. The second-order valence-electron chi connectivity index (χ2n) is 5.47. The Bertz CT molecular complexity index is 418. The van der Waals surface area contributed by atoms with E-state index in [1.54, 1.807) is 0 Å². The fourth-order valence-corrected chi connectivity index (χ4v) is 3.13. The predicted octanol–water partition coefficient (Wildman–Crippen LogP) is 1.44. The zero-order valence-corrected chi connectivity index (χ0v) is 10.6. The third-order valence-corrected chi connectivity index (χ3v) is 4.16. The van der Waals surface area contributed by atoms with Gasteiger partial charge < -0.3 is 10.2 Å². The molecular weight excluding hydrogens is 224 g/mol. The maximum atomic E-state index is 11.9. The van der Waals surface area contributed by atoms with Crippen LogP contribution in [0.2, 0.25) is 0 Å². The number of fused-ring (bicyclic) bond motifs is 2. The summed E-state index contributed by atoms with van der Waals surface area (Å²) in [6.07, 6.45) is 2.70. The van der Waals surface area contributed by atoms with Crippen molar-refractivity contribution < 1.29 is 4.79 Å². The summed E-state index contributed by atoms with van der Waals surface area (Å²) >= 11 is 0. The molecule has 0 radical (unpaired) electrons. The number of piperidine rings is 1. The maximum absolute atomic E-state index is 11.9. The molecule has 0 aromatic heterocycles. The van der Waals surface area contributed by atoms with E-state index in [2.05, 4.69) is 22.3 Å². The average molecular weight is 244 g/mol. The van der Waals surface area contributed by atoms with Crippen LogP contribution in [-0.4, -0.2) is 36.5 Å². The van der Waals surface area contributed by atoms with E-state index in [1.165, 1.54) is 25.1 Å². The Morgan fingerprint density at radius 2 is 2.11 bits per heavy atom. The summed E-state index contributed by atoms with van der Waals surface area (Å²) in [7, 11) is 0. The summed E-state index contributed by atoms with van der Waals surface area (Å²) in [4.78, 5) is 14.4. The van der Waals surface area contributed by atoms with Crippen LogP contribution in [-0.2, 0) is 11.2 Å². The van der Waals surface area contributed by atoms with E-state index in [0.29, 0.717) is 18.4 Å². The first-order valence-electron chi connectivity index (χ1n) is 6.87. The molecule has 0 saturated carbocycles. The molecule has 96 valence electrons. The van der Waals surface area contributed by atoms with E-state index >= 15 is 0 Å². The number of carbonyl (C=O) groups is 1. The molecule has 3 atom stereocenters. The Kier molecular flexibility index (Phi) is 3.33. The van der Waals surface area contributed by atoms with Gasteiger partial charge >= 0.3 is 0 Å². The maximum Gasteiger partial charge on any atom is 0.220 e. The molecule has 1 amide bonds. The lowest BCUT2D eigenvalue weighted by Gasteiger charge is -2.23. The third-order valence-electron chi connectivity index (χ3n) is 4.16. The number of carbonyl (C=O) groups excluding carboxylic acids is 1. The summed E-state index contributed by atoms with van der Waals surface area (Å²) in [5.41, 5.74) is 1.24. The van der Waals surface area contributed by atoms with Crippen molar-refractivity contribution in [3.8, 4) is 0 Å². The van der Waals surface area contributed by atoms with Crippen molar-refractivity contribution in [2.75, 3.05) is 19.6 Å². The predicted molar refractivity (Wildman–Crippen MR) is 71.2 cm³/mol. The van der Waals surface area contributed by atoms with E-state index in [9.17, 15) is 4.79 Å². The molecule has 3 heteroatoms. The van der Waals surface area contributed by atoms with Crippen LogP contribution in [0.4, 0.5) is 0 Å². The van der Waals surface area contributed by atoms with Crippen LogP contribution in [0, 0.1) is 5.92 Å². The van der Waals surface area contributed by atoms with Gasteiger partial charge in [0.15, 0.2) is 0 Å². The molecule has 3 unspecified atom stereocenters. The van der Waals surface area contributed by atoms with Gasteiger partial charge in [-0.2, -0.15) is 0 Å². The normalized spacial score (nSPS) is 29.4.